The predicted octanol–water partition coefficient (Wildman–Crippen LogP) is 1.17. The van der Waals surface area contributed by atoms with Gasteiger partial charge in [0, 0.05) is 30.9 Å². The van der Waals surface area contributed by atoms with Gasteiger partial charge in [-0.3, -0.25) is 19.7 Å². The van der Waals surface area contributed by atoms with E-state index in [1.165, 1.54) is 29.2 Å². The predicted molar refractivity (Wildman–Crippen MR) is 78.3 cm³/mol. The van der Waals surface area contributed by atoms with Crippen molar-refractivity contribution in [1.29, 1.82) is 0 Å². The molecule has 0 bridgehead atoms. The van der Waals surface area contributed by atoms with E-state index in [0.717, 1.165) is 0 Å². The molecular weight excluding hydrogens is 290 g/mol. The fraction of sp³-hybridized carbons (Fsp3) is 0.429. The maximum atomic E-state index is 12.1. The van der Waals surface area contributed by atoms with E-state index in [9.17, 15) is 19.7 Å². The lowest BCUT2D eigenvalue weighted by Crippen LogP contribution is -2.51. The number of morpholine rings is 1. The Morgan fingerprint density at radius 2 is 1.95 bits per heavy atom. The molecule has 8 heteroatoms. The number of nitro groups is 1. The summed E-state index contributed by atoms with van der Waals surface area (Å²) < 4.78 is 5.51. The first kappa shape index (κ1) is 15.9. The molecule has 2 unspecified atom stereocenters. The monoisotopic (exact) mass is 307 g/mol. The largest absolute Gasteiger partial charge is 0.372 e. The van der Waals surface area contributed by atoms with Crippen LogP contribution < -0.4 is 5.32 Å². The van der Waals surface area contributed by atoms with Crippen LogP contribution in [-0.2, 0) is 14.3 Å². The van der Waals surface area contributed by atoms with E-state index in [-0.39, 0.29) is 23.6 Å². The van der Waals surface area contributed by atoms with Crippen molar-refractivity contribution in [2.75, 3.05) is 18.4 Å². The van der Waals surface area contributed by atoms with Crippen molar-refractivity contribution < 1.29 is 19.2 Å². The van der Waals surface area contributed by atoms with Gasteiger partial charge in [0.1, 0.15) is 0 Å². The van der Waals surface area contributed by atoms with Crippen LogP contribution in [0.1, 0.15) is 13.8 Å². The van der Waals surface area contributed by atoms with E-state index >= 15 is 0 Å². The number of hydrogen-bond donors (Lipinski definition) is 1. The molecule has 1 fully saturated rings. The standard InChI is InChI=1S/C14H17N3O5/c1-9-7-16(8-10(2)22-9)14(19)13(18)15-11-4-3-5-12(6-11)17(20)21/h3-6,9-10H,7-8H2,1-2H3,(H,15,18). The molecule has 22 heavy (non-hydrogen) atoms. The highest BCUT2D eigenvalue weighted by Gasteiger charge is 2.29. The van der Waals surface area contributed by atoms with E-state index in [1.807, 2.05) is 13.8 Å². The summed E-state index contributed by atoms with van der Waals surface area (Å²) in [6, 6.07) is 5.44. The Balaban J connectivity index is 2.04. The van der Waals surface area contributed by atoms with E-state index < -0.39 is 16.7 Å². The third-order valence-electron chi connectivity index (χ3n) is 3.22. The number of ether oxygens (including phenoxy) is 1. The molecule has 118 valence electrons. The Hall–Kier alpha value is -2.48. The van der Waals surface area contributed by atoms with Crippen LogP contribution >= 0.6 is 0 Å². The van der Waals surface area contributed by atoms with Crippen LogP contribution in [0.15, 0.2) is 24.3 Å². The molecular formula is C14H17N3O5. The minimum atomic E-state index is -0.818. The Kier molecular flexibility index (Phi) is 4.71. The summed E-state index contributed by atoms with van der Waals surface area (Å²) >= 11 is 0. The van der Waals surface area contributed by atoms with Gasteiger partial charge in [0.05, 0.1) is 17.1 Å². The molecule has 1 heterocycles. The number of non-ortho nitro benzene ring substituents is 1. The van der Waals surface area contributed by atoms with Gasteiger partial charge in [-0.15, -0.1) is 0 Å². The SMILES string of the molecule is CC1CN(C(=O)C(=O)Nc2cccc([N+](=O)[O-])c2)CC(C)O1. The first-order valence-electron chi connectivity index (χ1n) is 6.87. The average molecular weight is 307 g/mol. The van der Waals surface area contributed by atoms with Crippen molar-refractivity contribution in [2.24, 2.45) is 0 Å². The number of rotatable bonds is 2. The molecule has 2 atom stereocenters. The summed E-state index contributed by atoms with van der Waals surface area (Å²) in [5.74, 6) is -1.49. The second kappa shape index (κ2) is 6.52. The summed E-state index contributed by atoms with van der Waals surface area (Å²) in [6.45, 7) is 4.33. The zero-order valence-electron chi connectivity index (χ0n) is 12.3. The fourth-order valence-corrected chi connectivity index (χ4v) is 2.37. The average Bonchev–Trinajstić information content (AvgIpc) is 2.45. The number of anilines is 1. The molecule has 0 aliphatic carbocycles. The van der Waals surface area contributed by atoms with Gasteiger partial charge < -0.3 is 15.0 Å². The van der Waals surface area contributed by atoms with Gasteiger partial charge in [0.2, 0.25) is 0 Å². The zero-order valence-corrected chi connectivity index (χ0v) is 12.3. The molecule has 1 saturated heterocycles. The maximum absolute atomic E-state index is 12.1. The summed E-state index contributed by atoms with van der Waals surface area (Å²) in [4.78, 5) is 35.7. The molecule has 1 aliphatic rings. The molecule has 1 aromatic carbocycles. The lowest BCUT2D eigenvalue weighted by Gasteiger charge is -2.34. The molecule has 0 radical (unpaired) electrons. The molecule has 8 nitrogen and oxygen atoms in total. The van der Waals surface area contributed by atoms with Crippen molar-refractivity contribution >= 4 is 23.2 Å². The first-order valence-corrected chi connectivity index (χ1v) is 6.87. The number of nitrogens with one attached hydrogen (secondary N) is 1. The smallest absolute Gasteiger partial charge is 0.313 e. The Morgan fingerprint density at radius 3 is 2.55 bits per heavy atom. The Labute approximate surface area is 127 Å². The molecule has 2 rings (SSSR count). The summed E-state index contributed by atoms with van der Waals surface area (Å²) in [6.07, 6.45) is -0.281. The number of nitrogens with zero attached hydrogens (tertiary/aromatic N) is 2. The number of carbonyl (C=O) groups is 2. The molecule has 1 aromatic rings. The van der Waals surface area contributed by atoms with Crippen LogP contribution in [0.5, 0.6) is 0 Å². The van der Waals surface area contributed by atoms with Gasteiger partial charge in [0.15, 0.2) is 0 Å². The second-order valence-electron chi connectivity index (χ2n) is 5.23. The minimum absolute atomic E-state index is 0.140. The quantitative estimate of drug-likeness (QED) is 0.502. The lowest BCUT2D eigenvalue weighted by molar-refractivity contribution is -0.384. The zero-order chi connectivity index (χ0) is 16.3. The van der Waals surface area contributed by atoms with Crippen molar-refractivity contribution in [3.63, 3.8) is 0 Å². The van der Waals surface area contributed by atoms with Gasteiger partial charge in [-0.1, -0.05) is 6.07 Å². The summed E-state index contributed by atoms with van der Waals surface area (Å²) in [5, 5.41) is 13.1. The van der Waals surface area contributed by atoms with Crippen LogP contribution in [0.3, 0.4) is 0 Å². The molecule has 0 aromatic heterocycles. The normalized spacial score (nSPS) is 21.3. The van der Waals surface area contributed by atoms with E-state index in [2.05, 4.69) is 5.32 Å². The highest BCUT2D eigenvalue weighted by atomic mass is 16.6. The van der Waals surface area contributed by atoms with Crippen molar-refractivity contribution in [1.82, 2.24) is 4.90 Å². The van der Waals surface area contributed by atoms with Gasteiger partial charge in [0.25, 0.3) is 5.69 Å². The summed E-state index contributed by atoms with van der Waals surface area (Å²) in [5.41, 5.74) is 0.0563. The molecule has 1 N–H and O–H groups in total. The topological polar surface area (TPSA) is 102 Å². The first-order chi connectivity index (χ1) is 10.4. The van der Waals surface area contributed by atoms with Crippen LogP contribution in [-0.4, -0.2) is 46.9 Å². The van der Waals surface area contributed by atoms with Crippen LogP contribution in [0, 0.1) is 10.1 Å². The Bertz CT molecular complexity index is 594. The van der Waals surface area contributed by atoms with Gasteiger partial charge >= 0.3 is 11.8 Å². The van der Waals surface area contributed by atoms with E-state index in [4.69, 9.17) is 4.74 Å². The number of hydrogen-bond acceptors (Lipinski definition) is 5. The molecule has 2 amide bonds. The third-order valence-corrected chi connectivity index (χ3v) is 3.22. The lowest BCUT2D eigenvalue weighted by atomic mass is 10.2. The van der Waals surface area contributed by atoms with Gasteiger partial charge in [-0.25, -0.2) is 0 Å². The molecule has 0 spiro atoms. The van der Waals surface area contributed by atoms with Crippen molar-refractivity contribution in [2.45, 2.75) is 26.1 Å². The highest BCUT2D eigenvalue weighted by molar-refractivity contribution is 6.39. The summed E-state index contributed by atoms with van der Waals surface area (Å²) in [7, 11) is 0. The fourth-order valence-electron chi connectivity index (χ4n) is 2.37. The van der Waals surface area contributed by atoms with Gasteiger partial charge in [-0.2, -0.15) is 0 Å². The third kappa shape index (κ3) is 3.79. The van der Waals surface area contributed by atoms with Gasteiger partial charge in [-0.05, 0) is 19.9 Å². The second-order valence-corrected chi connectivity index (χ2v) is 5.23. The minimum Gasteiger partial charge on any atom is -0.372 e. The molecule has 1 aliphatic heterocycles. The number of benzene rings is 1. The van der Waals surface area contributed by atoms with Crippen molar-refractivity contribution in [3.8, 4) is 0 Å². The van der Waals surface area contributed by atoms with Crippen LogP contribution in [0.2, 0.25) is 0 Å². The van der Waals surface area contributed by atoms with Crippen LogP contribution in [0.25, 0.3) is 0 Å². The number of nitro benzene ring substituents is 1. The number of amides is 2. The number of carbonyl (C=O) groups excluding carboxylic acids is 2. The molecule has 0 saturated carbocycles. The van der Waals surface area contributed by atoms with E-state index in [1.54, 1.807) is 0 Å². The van der Waals surface area contributed by atoms with Crippen molar-refractivity contribution in [3.05, 3.63) is 34.4 Å². The highest BCUT2D eigenvalue weighted by Crippen LogP contribution is 2.17. The Morgan fingerprint density at radius 1 is 1.32 bits per heavy atom. The van der Waals surface area contributed by atoms with E-state index in [0.29, 0.717) is 13.1 Å². The maximum Gasteiger partial charge on any atom is 0.313 e. The van der Waals surface area contributed by atoms with Crippen LogP contribution in [0.4, 0.5) is 11.4 Å².